The third-order valence-corrected chi connectivity index (χ3v) is 1.74. The van der Waals surface area contributed by atoms with Gasteiger partial charge in [-0.1, -0.05) is 0 Å². The van der Waals surface area contributed by atoms with Crippen molar-refractivity contribution in [3.63, 3.8) is 0 Å². The second kappa shape index (κ2) is 5.22. The molecule has 0 saturated heterocycles. The zero-order valence-electron chi connectivity index (χ0n) is 8.18. The summed E-state index contributed by atoms with van der Waals surface area (Å²) in [4.78, 5) is 0. The first-order valence-electron chi connectivity index (χ1n) is 3.95. The van der Waals surface area contributed by atoms with Crippen LogP contribution in [-0.4, -0.2) is 25.6 Å². The van der Waals surface area contributed by atoms with Gasteiger partial charge < -0.3 is 32.9 Å². The van der Waals surface area contributed by atoms with Crippen molar-refractivity contribution in [1.82, 2.24) is 0 Å². The summed E-state index contributed by atoms with van der Waals surface area (Å²) in [6.45, 7) is 0.900. The second-order valence-corrected chi connectivity index (χ2v) is 4.22. The Kier molecular flexibility index (Phi) is 5.32. The fourth-order valence-electron chi connectivity index (χ4n) is 1.05. The summed E-state index contributed by atoms with van der Waals surface area (Å²) < 4.78 is 6.33. The lowest BCUT2D eigenvalue weighted by Crippen LogP contribution is -3.00. The normalized spacial score (nSPS) is 11.1. The van der Waals surface area contributed by atoms with Crippen molar-refractivity contribution in [2.75, 3.05) is 21.1 Å². The van der Waals surface area contributed by atoms with Gasteiger partial charge in [0.25, 0.3) is 0 Å². The lowest BCUT2D eigenvalue weighted by Gasteiger charge is -2.22. The molecule has 76 valence electrons. The predicted octanol–water partition coefficient (Wildman–Crippen LogP) is -0.771. The standard InChI is InChI=1S/C9H15ClNO.HI/c1-11(2,3)7-9-5-4-8(6-10)12-9;/h4-5H,6-7H2,1-3H3;1H/q+1;/p-1. The molecule has 0 aliphatic heterocycles. The van der Waals surface area contributed by atoms with E-state index in [1.807, 2.05) is 12.1 Å². The Morgan fingerprint density at radius 2 is 1.77 bits per heavy atom. The van der Waals surface area contributed by atoms with Crippen molar-refractivity contribution in [1.29, 1.82) is 0 Å². The molecule has 1 rings (SSSR count). The number of furan rings is 1. The lowest BCUT2D eigenvalue weighted by molar-refractivity contribution is -0.884. The minimum Gasteiger partial charge on any atom is -1.00 e. The molecule has 0 fully saturated rings. The summed E-state index contributed by atoms with van der Waals surface area (Å²) >= 11 is 5.61. The van der Waals surface area contributed by atoms with Crippen LogP contribution in [0.4, 0.5) is 0 Å². The highest BCUT2D eigenvalue weighted by molar-refractivity contribution is 6.16. The van der Waals surface area contributed by atoms with E-state index in [2.05, 4.69) is 21.1 Å². The van der Waals surface area contributed by atoms with Crippen LogP contribution in [0.1, 0.15) is 11.5 Å². The molecule has 0 unspecified atom stereocenters. The Morgan fingerprint density at radius 1 is 1.23 bits per heavy atom. The first kappa shape index (κ1) is 13.3. The number of hydrogen-bond donors (Lipinski definition) is 0. The van der Waals surface area contributed by atoms with Crippen LogP contribution in [0.3, 0.4) is 0 Å². The SMILES string of the molecule is C[N+](C)(C)Cc1ccc(CCl)o1.[I-]. The van der Waals surface area contributed by atoms with E-state index in [0.29, 0.717) is 5.88 Å². The van der Waals surface area contributed by atoms with Crippen LogP contribution in [0.2, 0.25) is 0 Å². The largest absolute Gasteiger partial charge is 1.00 e. The number of halogens is 2. The van der Waals surface area contributed by atoms with E-state index in [1.165, 1.54) is 0 Å². The van der Waals surface area contributed by atoms with E-state index in [-0.39, 0.29) is 24.0 Å². The minimum atomic E-state index is 0. The molecule has 0 radical (unpaired) electrons. The quantitative estimate of drug-likeness (QED) is 0.406. The molecule has 0 aliphatic carbocycles. The van der Waals surface area contributed by atoms with E-state index in [0.717, 1.165) is 22.5 Å². The van der Waals surface area contributed by atoms with E-state index in [9.17, 15) is 0 Å². The molecule has 2 nitrogen and oxygen atoms in total. The molecule has 0 spiro atoms. The van der Waals surface area contributed by atoms with Gasteiger partial charge in [-0.15, -0.1) is 11.6 Å². The summed E-state index contributed by atoms with van der Waals surface area (Å²) in [5.41, 5.74) is 0. The molecule has 0 bridgehead atoms. The van der Waals surface area contributed by atoms with Gasteiger partial charge in [0.05, 0.1) is 27.0 Å². The summed E-state index contributed by atoms with van der Waals surface area (Å²) in [5, 5.41) is 0. The van der Waals surface area contributed by atoms with Crippen LogP contribution in [0.25, 0.3) is 0 Å². The highest BCUT2D eigenvalue weighted by atomic mass is 127. The molecule has 1 heterocycles. The van der Waals surface area contributed by atoms with Crippen LogP contribution in [-0.2, 0) is 12.4 Å². The van der Waals surface area contributed by atoms with Gasteiger partial charge in [-0.3, -0.25) is 0 Å². The van der Waals surface area contributed by atoms with E-state index in [4.69, 9.17) is 16.0 Å². The van der Waals surface area contributed by atoms with Crippen LogP contribution >= 0.6 is 11.6 Å². The van der Waals surface area contributed by atoms with Gasteiger partial charge in [0.1, 0.15) is 12.3 Å². The summed E-state index contributed by atoms with van der Waals surface area (Å²) in [6, 6.07) is 3.92. The van der Waals surface area contributed by atoms with Gasteiger partial charge in [-0.05, 0) is 12.1 Å². The summed E-state index contributed by atoms with van der Waals surface area (Å²) in [6.07, 6.45) is 0. The number of rotatable bonds is 3. The Hall–Kier alpha value is 0.260. The molecule has 4 heteroatoms. The predicted molar refractivity (Wildman–Crippen MR) is 50.0 cm³/mol. The fraction of sp³-hybridized carbons (Fsp3) is 0.556. The van der Waals surface area contributed by atoms with Crippen molar-refractivity contribution in [2.24, 2.45) is 0 Å². The van der Waals surface area contributed by atoms with Crippen LogP contribution < -0.4 is 24.0 Å². The average molecular weight is 316 g/mol. The zero-order chi connectivity index (χ0) is 9.19. The Bertz CT molecular complexity index is 254. The van der Waals surface area contributed by atoms with E-state index < -0.39 is 0 Å². The molecular weight excluding hydrogens is 300 g/mol. The average Bonchev–Trinajstić information content (AvgIpc) is 2.32. The van der Waals surface area contributed by atoms with Crippen molar-refractivity contribution >= 4 is 11.6 Å². The molecule has 0 saturated carbocycles. The smallest absolute Gasteiger partial charge is 0.158 e. The highest BCUT2D eigenvalue weighted by Gasteiger charge is 2.11. The maximum Gasteiger partial charge on any atom is 0.158 e. The first-order valence-corrected chi connectivity index (χ1v) is 4.49. The molecule has 0 N–H and O–H groups in total. The third-order valence-electron chi connectivity index (χ3n) is 1.48. The number of alkyl halides is 1. The molecule has 0 aromatic carbocycles. The Labute approximate surface area is 101 Å². The summed E-state index contributed by atoms with van der Waals surface area (Å²) in [5.74, 6) is 2.30. The van der Waals surface area contributed by atoms with Gasteiger partial charge in [-0.2, -0.15) is 0 Å². The molecule has 0 amide bonds. The van der Waals surface area contributed by atoms with Gasteiger partial charge >= 0.3 is 0 Å². The number of nitrogens with zero attached hydrogens (tertiary/aromatic N) is 1. The van der Waals surface area contributed by atoms with Crippen molar-refractivity contribution in [2.45, 2.75) is 12.4 Å². The van der Waals surface area contributed by atoms with Crippen LogP contribution in [0, 0.1) is 0 Å². The van der Waals surface area contributed by atoms with E-state index >= 15 is 0 Å². The van der Waals surface area contributed by atoms with Gasteiger partial charge in [0.2, 0.25) is 0 Å². The van der Waals surface area contributed by atoms with Crippen LogP contribution in [0.5, 0.6) is 0 Å². The first-order chi connectivity index (χ1) is 5.51. The maximum atomic E-state index is 5.61. The highest BCUT2D eigenvalue weighted by Crippen LogP contribution is 2.13. The van der Waals surface area contributed by atoms with Gasteiger partial charge in [0, 0.05) is 0 Å². The Balaban J connectivity index is 0.00000144. The molecule has 13 heavy (non-hydrogen) atoms. The summed E-state index contributed by atoms with van der Waals surface area (Å²) in [7, 11) is 6.38. The van der Waals surface area contributed by atoms with Gasteiger partial charge in [-0.25, -0.2) is 0 Å². The van der Waals surface area contributed by atoms with Gasteiger partial charge in [0.15, 0.2) is 5.76 Å². The van der Waals surface area contributed by atoms with Crippen molar-refractivity contribution in [3.8, 4) is 0 Å². The third kappa shape index (κ3) is 4.88. The molecular formula is C9H15ClINO. The maximum absolute atomic E-state index is 5.61. The fourth-order valence-corrected chi connectivity index (χ4v) is 1.19. The zero-order valence-corrected chi connectivity index (χ0v) is 11.1. The monoisotopic (exact) mass is 315 g/mol. The minimum absolute atomic E-state index is 0. The van der Waals surface area contributed by atoms with Crippen molar-refractivity contribution in [3.05, 3.63) is 23.7 Å². The van der Waals surface area contributed by atoms with E-state index in [1.54, 1.807) is 0 Å². The molecule has 1 aromatic rings. The lowest BCUT2D eigenvalue weighted by atomic mass is 10.4. The number of hydrogen-bond acceptors (Lipinski definition) is 1. The van der Waals surface area contributed by atoms with Crippen molar-refractivity contribution < 1.29 is 32.9 Å². The molecule has 1 aromatic heterocycles. The topological polar surface area (TPSA) is 13.1 Å². The Morgan fingerprint density at radius 3 is 2.15 bits per heavy atom. The second-order valence-electron chi connectivity index (χ2n) is 3.95. The molecule has 0 aliphatic rings. The number of quaternary nitrogens is 1. The van der Waals surface area contributed by atoms with Crippen LogP contribution in [0.15, 0.2) is 16.5 Å². The molecule has 0 atom stereocenters.